The van der Waals surface area contributed by atoms with Crippen LogP contribution in [-0.4, -0.2) is 36.4 Å². The molecule has 3 N–H and O–H groups in total. The van der Waals surface area contributed by atoms with Crippen LogP contribution in [0.25, 0.3) is 0 Å². The molecule has 2 aliphatic rings. The predicted molar refractivity (Wildman–Crippen MR) is 76.5 cm³/mol. The van der Waals surface area contributed by atoms with Gasteiger partial charge < -0.3 is 16.0 Å². The van der Waals surface area contributed by atoms with Gasteiger partial charge in [0, 0.05) is 25.7 Å². The molecule has 0 aromatic carbocycles. The minimum absolute atomic E-state index is 0.424. The molecule has 1 saturated heterocycles. The van der Waals surface area contributed by atoms with Crippen molar-refractivity contribution in [2.45, 2.75) is 26.3 Å². The van der Waals surface area contributed by atoms with E-state index < -0.39 is 0 Å². The molecule has 5 heteroatoms. The fraction of sp³-hybridized carbons (Fsp3) is 0.615. The molecule has 0 spiro atoms. The fourth-order valence-corrected chi connectivity index (χ4v) is 2.52. The molecule has 0 aliphatic carbocycles. The van der Waals surface area contributed by atoms with Crippen LogP contribution < -0.4 is 11.1 Å². The lowest BCUT2D eigenvalue weighted by Crippen LogP contribution is -2.50. The van der Waals surface area contributed by atoms with Crippen molar-refractivity contribution in [3.8, 4) is 0 Å². The monoisotopic (exact) mass is 268 g/mol. The van der Waals surface area contributed by atoms with E-state index in [1.165, 1.54) is 0 Å². The number of piperazine rings is 1. The van der Waals surface area contributed by atoms with Crippen LogP contribution in [0.15, 0.2) is 28.0 Å². The van der Waals surface area contributed by atoms with E-state index in [4.69, 9.17) is 17.3 Å². The molecular weight excluding hydrogens is 248 g/mol. The number of nitrogens with zero attached hydrogens (tertiary/aromatic N) is 2. The maximum Gasteiger partial charge on any atom is 0.148 e. The second kappa shape index (κ2) is 5.76. The van der Waals surface area contributed by atoms with Gasteiger partial charge in [-0.15, -0.1) is 0 Å². The molecule has 2 aliphatic heterocycles. The van der Waals surface area contributed by atoms with Crippen molar-refractivity contribution in [1.29, 1.82) is 0 Å². The van der Waals surface area contributed by atoms with Crippen LogP contribution >= 0.6 is 11.6 Å². The Balaban J connectivity index is 2.25. The van der Waals surface area contributed by atoms with Crippen molar-refractivity contribution in [2.75, 3.05) is 19.6 Å². The third kappa shape index (κ3) is 3.27. The van der Waals surface area contributed by atoms with Crippen molar-refractivity contribution < 1.29 is 0 Å². The number of hydrogen-bond donors (Lipinski definition) is 2. The van der Waals surface area contributed by atoms with Crippen LogP contribution in [0, 0.1) is 5.92 Å². The van der Waals surface area contributed by atoms with Gasteiger partial charge in [0.25, 0.3) is 0 Å². The van der Waals surface area contributed by atoms with Crippen molar-refractivity contribution in [3.63, 3.8) is 0 Å². The van der Waals surface area contributed by atoms with Gasteiger partial charge in [0.2, 0.25) is 0 Å². The first kappa shape index (κ1) is 13.4. The normalized spacial score (nSPS) is 29.9. The van der Waals surface area contributed by atoms with Crippen LogP contribution in [0.5, 0.6) is 0 Å². The van der Waals surface area contributed by atoms with Crippen LogP contribution in [0.3, 0.4) is 0 Å². The molecule has 0 radical (unpaired) electrons. The van der Waals surface area contributed by atoms with E-state index in [2.05, 4.69) is 35.1 Å². The second-order valence-corrected chi connectivity index (χ2v) is 5.48. The molecule has 2 rings (SSSR count). The minimum Gasteiger partial charge on any atom is -0.382 e. The Morgan fingerprint density at radius 3 is 3.00 bits per heavy atom. The maximum absolute atomic E-state index is 6.07. The number of hydrogen-bond acceptors (Lipinski definition) is 4. The number of amidine groups is 1. The topological polar surface area (TPSA) is 53.6 Å². The van der Waals surface area contributed by atoms with E-state index in [0.717, 1.165) is 31.8 Å². The summed E-state index contributed by atoms with van der Waals surface area (Å²) >= 11 is 6.02. The lowest BCUT2D eigenvalue weighted by Gasteiger charge is -2.35. The van der Waals surface area contributed by atoms with Gasteiger partial charge in [-0.25, -0.2) is 4.99 Å². The van der Waals surface area contributed by atoms with Gasteiger partial charge in [0.1, 0.15) is 11.0 Å². The zero-order chi connectivity index (χ0) is 13.1. The summed E-state index contributed by atoms with van der Waals surface area (Å²) in [5.74, 6) is 0.949. The first-order chi connectivity index (χ1) is 8.56. The van der Waals surface area contributed by atoms with E-state index in [1.807, 2.05) is 6.08 Å². The maximum atomic E-state index is 6.07. The molecule has 0 amide bonds. The highest BCUT2D eigenvalue weighted by molar-refractivity contribution is 6.30. The Morgan fingerprint density at radius 2 is 2.28 bits per heavy atom. The number of rotatable bonds is 1. The highest BCUT2D eigenvalue weighted by Crippen LogP contribution is 2.20. The lowest BCUT2D eigenvalue weighted by atomic mass is 10.0. The molecule has 2 heterocycles. The van der Waals surface area contributed by atoms with Gasteiger partial charge in [-0.2, -0.15) is 0 Å². The lowest BCUT2D eigenvalue weighted by molar-refractivity contribution is 0.264. The third-order valence-electron chi connectivity index (χ3n) is 3.30. The Bertz CT molecular complexity index is 400. The van der Waals surface area contributed by atoms with E-state index in [1.54, 1.807) is 0 Å². The molecule has 0 aromatic rings. The largest absolute Gasteiger partial charge is 0.382 e. The number of aliphatic imine (C=N–C) groups is 1. The minimum atomic E-state index is 0.424. The summed E-state index contributed by atoms with van der Waals surface area (Å²) in [5.41, 5.74) is 7.10. The second-order valence-electron chi connectivity index (χ2n) is 5.09. The zero-order valence-electron chi connectivity index (χ0n) is 11.0. The molecule has 4 nitrogen and oxygen atoms in total. The number of nitrogens with one attached hydrogen (secondary N) is 1. The summed E-state index contributed by atoms with van der Waals surface area (Å²) in [7, 11) is 0. The SMILES string of the molecule is CC1C=C(N2CCNC(C)C2)C(N)=NC(Cl)=CC1. The molecule has 100 valence electrons. The summed E-state index contributed by atoms with van der Waals surface area (Å²) in [6.07, 6.45) is 5.03. The summed E-state index contributed by atoms with van der Waals surface area (Å²) in [5, 5.41) is 3.92. The van der Waals surface area contributed by atoms with Gasteiger partial charge in [0.05, 0.1) is 5.70 Å². The quantitative estimate of drug-likeness (QED) is 0.711. The van der Waals surface area contributed by atoms with Crippen molar-refractivity contribution in [3.05, 3.63) is 23.0 Å². The third-order valence-corrected chi connectivity index (χ3v) is 3.54. The van der Waals surface area contributed by atoms with E-state index in [0.29, 0.717) is 23.0 Å². The zero-order valence-corrected chi connectivity index (χ0v) is 11.7. The summed E-state index contributed by atoms with van der Waals surface area (Å²) in [4.78, 5) is 6.54. The van der Waals surface area contributed by atoms with Gasteiger partial charge in [0.15, 0.2) is 0 Å². The summed E-state index contributed by atoms with van der Waals surface area (Å²) in [6.45, 7) is 7.24. The fourth-order valence-electron chi connectivity index (χ4n) is 2.34. The van der Waals surface area contributed by atoms with Crippen LogP contribution in [-0.2, 0) is 0 Å². The van der Waals surface area contributed by atoms with Crippen LogP contribution in [0.1, 0.15) is 20.3 Å². The highest BCUT2D eigenvalue weighted by atomic mass is 35.5. The van der Waals surface area contributed by atoms with Crippen molar-refractivity contribution in [2.24, 2.45) is 16.6 Å². The van der Waals surface area contributed by atoms with E-state index in [9.17, 15) is 0 Å². The Kier molecular flexibility index (Phi) is 4.30. The molecule has 0 saturated carbocycles. The van der Waals surface area contributed by atoms with Crippen LogP contribution in [0.2, 0.25) is 0 Å². The summed E-state index contributed by atoms with van der Waals surface area (Å²) in [6, 6.07) is 0.471. The Hall–Kier alpha value is -1.00. The molecule has 2 atom stereocenters. The van der Waals surface area contributed by atoms with Gasteiger partial charge >= 0.3 is 0 Å². The molecule has 2 unspecified atom stereocenters. The predicted octanol–water partition coefficient (Wildman–Crippen LogP) is 1.64. The molecule has 0 aromatic heterocycles. The first-order valence-electron chi connectivity index (χ1n) is 6.46. The average Bonchev–Trinajstić information content (AvgIpc) is 2.32. The Labute approximate surface area is 114 Å². The molecule has 0 bridgehead atoms. The molecule has 1 fully saturated rings. The Morgan fingerprint density at radius 1 is 1.50 bits per heavy atom. The molecule has 18 heavy (non-hydrogen) atoms. The van der Waals surface area contributed by atoms with E-state index >= 15 is 0 Å². The highest BCUT2D eigenvalue weighted by Gasteiger charge is 2.21. The molecular formula is C13H21ClN4. The van der Waals surface area contributed by atoms with Crippen molar-refractivity contribution in [1.82, 2.24) is 10.2 Å². The standard InChI is InChI=1S/C13H21ClN4/c1-9-3-4-12(14)17-13(15)11(7-9)18-6-5-16-10(2)8-18/h4,7,9-10,16H,3,5-6,8H2,1-2H3,(H2,15,17). The number of nitrogens with two attached hydrogens (primary N) is 1. The smallest absolute Gasteiger partial charge is 0.148 e. The average molecular weight is 269 g/mol. The first-order valence-corrected chi connectivity index (χ1v) is 6.84. The number of allylic oxidation sites excluding steroid dienone is 2. The van der Waals surface area contributed by atoms with E-state index in [-0.39, 0.29) is 0 Å². The van der Waals surface area contributed by atoms with Crippen LogP contribution in [0.4, 0.5) is 0 Å². The van der Waals surface area contributed by atoms with Gasteiger partial charge in [-0.1, -0.05) is 24.6 Å². The van der Waals surface area contributed by atoms with Gasteiger partial charge in [-0.05, 0) is 25.3 Å². The summed E-state index contributed by atoms with van der Waals surface area (Å²) < 4.78 is 0. The van der Waals surface area contributed by atoms with Crippen molar-refractivity contribution >= 4 is 17.4 Å². The number of halogens is 1. The van der Waals surface area contributed by atoms with Gasteiger partial charge in [-0.3, -0.25) is 0 Å².